The Balaban J connectivity index is 1.66. The Labute approximate surface area is 168 Å². The van der Waals surface area contributed by atoms with Gasteiger partial charge in [-0.3, -0.25) is 14.9 Å². The van der Waals surface area contributed by atoms with Gasteiger partial charge in [-0.05, 0) is 61.9 Å². The molecule has 1 N–H and O–H groups in total. The molecule has 0 bridgehead atoms. The van der Waals surface area contributed by atoms with Crippen LogP contribution in [0, 0.1) is 10.1 Å². The lowest BCUT2D eigenvalue weighted by molar-refractivity contribution is -0.384. The fourth-order valence-corrected chi connectivity index (χ4v) is 3.27. The molecule has 8 nitrogen and oxygen atoms in total. The fraction of sp³-hybridized carbons (Fsp3) is 0.333. The molecule has 1 amide bonds. The molecular formula is C21H22N2O6. The van der Waals surface area contributed by atoms with Crippen molar-refractivity contribution in [2.45, 2.75) is 38.7 Å². The number of benzene rings is 2. The molecule has 2 aromatic rings. The summed E-state index contributed by atoms with van der Waals surface area (Å²) in [6.07, 6.45) is 3.15. The van der Waals surface area contributed by atoms with Gasteiger partial charge in [0, 0.05) is 6.07 Å². The van der Waals surface area contributed by atoms with Gasteiger partial charge in [-0.2, -0.15) is 0 Å². The summed E-state index contributed by atoms with van der Waals surface area (Å²) in [5, 5.41) is 13.4. The maximum absolute atomic E-state index is 12.4. The summed E-state index contributed by atoms with van der Waals surface area (Å²) < 4.78 is 10.4. The van der Waals surface area contributed by atoms with Crippen molar-refractivity contribution >= 4 is 23.3 Å². The van der Waals surface area contributed by atoms with Crippen molar-refractivity contribution in [1.82, 2.24) is 0 Å². The predicted molar refractivity (Wildman–Crippen MR) is 106 cm³/mol. The zero-order valence-corrected chi connectivity index (χ0v) is 16.3. The van der Waals surface area contributed by atoms with E-state index in [0.29, 0.717) is 5.56 Å². The second-order valence-corrected chi connectivity index (χ2v) is 6.87. The van der Waals surface area contributed by atoms with E-state index in [1.165, 1.54) is 37.8 Å². The first-order valence-corrected chi connectivity index (χ1v) is 9.35. The molecule has 8 heteroatoms. The maximum Gasteiger partial charge on any atom is 0.338 e. The highest BCUT2D eigenvalue weighted by atomic mass is 16.6. The van der Waals surface area contributed by atoms with Crippen LogP contribution in [-0.2, 0) is 22.4 Å². The van der Waals surface area contributed by atoms with Crippen molar-refractivity contribution in [2.75, 3.05) is 12.4 Å². The number of hydrogen-bond acceptors (Lipinski definition) is 6. The Morgan fingerprint density at radius 3 is 2.52 bits per heavy atom. The van der Waals surface area contributed by atoms with Crippen molar-refractivity contribution < 1.29 is 24.0 Å². The molecule has 0 heterocycles. The molecule has 0 spiro atoms. The lowest BCUT2D eigenvalue weighted by Gasteiger charge is -2.18. The van der Waals surface area contributed by atoms with Gasteiger partial charge < -0.3 is 14.8 Å². The van der Waals surface area contributed by atoms with E-state index < -0.39 is 22.9 Å². The maximum atomic E-state index is 12.4. The number of nitrogens with zero attached hydrogens (tertiary/aromatic N) is 1. The molecule has 0 fully saturated rings. The third-order valence-corrected chi connectivity index (χ3v) is 4.89. The summed E-state index contributed by atoms with van der Waals surface area (Å²) >= 11 is 0. The molecule has 0 saturated carbocycles. The average molecular weight is 398 g/mol. The van der Waals surface area contributed by atoms with Crippen LogP contribution < -0.4 is 10.1 Å². The number of nitrogens with one attached hydrogen (secondary N) is 1. The predicted octanol–water partition coefficient (Wildman–Crippen LogP) is 3.67. The molecule has 29 heavy (non-hydrogen) atoms. The molecule has 152 valence electrons. The normalized spacial score (nSPS) is 13.7. The van der Waals surface area contributed by atoms with Crippen LogP contribution in [0.3, 0.4) is 0 Å². The third kappa shape index (κ3) is 4.71. The molecule has 1 aliphatic rings. The average Bonchev–Trinajstić information content (AvgIpc) is 2.73. The number of carbonyl (C=O) groups excluding carboxylic acids is 2. The minimum Gasteiger partial charge on any atom is -0.494 e. The number of aryl methyl sites for hydroxylation is 2. The highest BCUT2D eigenvalue weighted by molar-refractivity contribution is 5.98. The summed E-state index contributed by atoms with van der Waals surface area (Å²) in [5.41, 5.74) is 2.91. The van der Waals surface area contributed by atoms with Crippen molar-refractivity contribution in [3.63, 3.8) is 0 Å². The second kappa shape index (κ2) is 8.72. The largest absolute Gasteiger partial charge is 0.494 e. The molecule has 2 aromatic carbocycles. The Hall–Kier alpha value is -3.42. The molecule has 0 saturated heterocycles. The zero-order valence-electron chi connectivity index (χ0n) is 16.3. The van der Waals surface area contributed by atoms with Crippen molar-refractivity contribution in [3.8, 4) is 5.75 Å². The number of carbonyl (C=O) groups is 2. The molecule has 0 unspecified atom stereocenters. The minimum atomic E-state index is -1.06. The zero-order chi connectivity index (χ0) is 21.0. The molecule has 3 rings (SSSR count). The number of methoxy groups -OCH3 is 1. The van der Waals surface area contributed by atoms with Gasteiger partial charge in [0.15, 0.2) is 6.10 Å². The Morgan fingerprint density at radius 2 is 1.83 bits per heavy atom. The van der Waals surface area contributed by atoms with Crippen LogP contribution in [0.4, 0.5) is 11.4 Å². The number of amides is 1. The number of nitro groups is 1. The lowest BCUT2D eigenvalue weighted by Crippen LogP contribution is -2.30. The quantitative estimate of drug-likeness (QED) is 0.452. The SMILES string of the molecule is COc1cc([N+](=O)[O-])ccc1NC(=O)[C@H](C)OC(=O)c1ccc2c(c1)CCCC2. The van der Waals surface area contributed by atoms with Crippen LogP contribution in [0.5, 0.6) is 5.75 Å². The van der Waals surface area contributed by atoms with Gasteiger partial charge in [-0.25, -0.2) is 4.79 Å². The number of rotatable bonds is 6. The van der Waals surface area contributed by atoms with E-state index in [1.54, 1.807) is 6.07 Å². The lowest BCUT2D eigenvalue weighted by atomic mass is 9.90. The highest BCUT2D eigenvalue weighted by Gasteiger charge is 2.22. The molecule has 0 aliphatic heterocycles. The fourth-order valence-electron chi connectivity index (χ4n) is 3.27. The van der Waals surface area contributed by atoms with Crippen LogP contribution in [0.25, 0.3) is 0 Å². The van der Waals surface area contributed by atoms with Gasteiger partial charge in [0.1, 0.15) is 5.75 Å². The number of anilines is 1. The number of nitro benzene ring substituents is 1. The number of non-ortho nitro benzene ring substituents is 1. The van der Waals surface area contributed by atoms with Crippen LogP contribution in [0.2, 0.25) is 0 Å². The van der Waals surface area contributed by atoms with E-state index in [9.17, 15) is 19.7 Å². The number of esters is 1. The van der Waals surface area contributed by atoms with E-state index in [0.717, 1.165) is 31.2 Å². The summed E-state index contributed by atoms with van der Waals surface area (Å²) in [5.74, 6) is -0.999. The van der Waals surface area contributed by atoms with Crippen molar-refractivity contribution in [2.24, 2.45) is 0 Å². The van der Waals surface area contributed by atoms with Crippen LogP contribution in [-0.4, -0.2) is 30.0 Å². The molecule has 0 radical (unpaired) electrons. The van der Waals surface area contributed by atoms with E-state index in [-0.39, 0.29) is 17.1 Å². The van der Waals surface area contributed by atoms with Gasteiger partial charge in [0.05, 0.1) is 29.4 Å². The Morgan fingerprint density at radius 1 is 1.10 bits per heavy atom. The minimum absolute atomic E-state index is 0.140. The van der Waals surface area contributed by atoms with Gasteiger partial charge in [0.2, 0.25) is 0 Å². The second-order valence-electron chi connectivity index (χ2n) is 6.87. The molecule has 0 aromatic heterocycles. The van der Waals surface area contributed by atoms with Crippen LogP contribution >= 0.6 is 0 Å². The van der Waals surface area contributed by atoms with Gasteiger partial charge in [-0.1, -0.05) is 6.07 Å². The van der Waals surface area contributed by atoms with E-state index >= 15 is 0 Å². The van der Waals surface area contributed by atoms with Crippen molar-refractivity contribution in [1.29, 1.82) is 0 Å². The highest BCUT2D eigenvalue weighted by Crippen LogP contribution is 2.29. The van der Waals surface area contributed by atoms with Crippen LogP contribution in [0.15, 0.2) is 36.4 Å². The topological polar surface area (TPSA) is 108 Å². The molecule has 1 atom stereocenters. The number of ether oxygens (including phenoxy) is 2. The van der Waals surface area contributed by atoms with E-state index in [2.05, 4.69) is 5.32 Å². The van der Waals surface area contributed by atoms with E-state index in [1.807, 2.05) is 12.1 Å². The van der Waals surface area contributed by atoms with E-state index in [4.69, 9.17) is 9.47 Å². The number of fused-ring (bicyclic) bond motifs is 1. The first-order chi connectivity index (χ1) is 13.9. The standard InChI is InChI=1S/C21H22N2O6/c1-13(20(24)22-18-10-9-17(23(26)27)12-19(18)28-2)29-21(25)16-8-7-14-5-3-4-6-15(14)11-16/h7-13H,3-6H2,1-2H3,(H,22,24)/t13-/m0/s1. The summed E-state index contributed by atoms with van der Waals surface area (Å²) in [4.78, 5) is 35.2. The van der Waals surface area contributed by atoms with Gasteiger partial charge in [-0.15, -0.1) is 0 Å². The van der Waals surface area contributed by atoms with Crippen molar-refractivity contribution in [3.05, 3.63) is 63.2 Å². The monoisotopic (exact) mass is 398 g/mol. The molecular weight excluding hydrogens is 376 g/mol. The summed E-state index contributed by atoms with van der Waals surface area (Å²) in [7, 11) is 1.34. The third-order valence-electron chi connectivity index (χ3n) is 4.89. The summed E-state index contributed by atoms with van der Waals surface area (Å²) in [6, 6.07) is 9.32. The van der Waals surface area contributed by atoms with Gasteiger partial charge in [0.25, 0.3) is 11.6 Å². The van der Waals surface area contributed by atoms with Crippen LogP contribution in [0.1, 0.15) is 41.3 Å². The molecule has 1 aliphatic carbocycles. The number of hydrogen-bond donors (Lipinski definition) is 1. The van der Waals surface area contributed by atoms with Gasteiger partial charge >= 0.3 is 5.97 Å². The first-order valence-electron chi connectivity index (χ1n) is 9.35. The smallest absolute Gasteiger partial charge is 0.338 e. The Bertz CT molecular complexity index is 956. The Kier molecular flexibility index (Phi) is 6.11. The first kappa shape index (κ1) is 20.3. The summed E-state index contributed by atoms with van der Waals surface area (Å²) in [6.45, 7) is 1.46.